The Hall–Kier alpha value is -2.87. The molecule has 0 N–H and O–H groups in total. The second-order valence-electron chi connectivity index (χ2n) is 4.94. The summed E-state index contributed by atoms with van der Waals surface area (Å²) < 4.78 is 48.5. The number of ether oxygens (including phenoxy) is 1. The van der Waals surface area contributed by atoms with Gasteiger partial charge in [0, 0.05) is 12.1 Å². The van der Waals surface area contributed by atoms with E-state index in [1.54, 1.807) is 6.07 Å². The van der Waals surface area contributed by atoms with Crippen molar-refractivity contribution in [2.24, 2.45) is 0 Å². The lowest BCUT2D eigenvalue weighted by atomic mass is 10.1. The molecule has 128 valence electrons. The van der Waals surface area contributed by atoms with Gasteiger partial charge in [0.25, 0.3) is 0 Å². The Bertz CT molecular complexity index is 1010. The number of halogens is 3. The lowest BCUT2D eigenvalue weighted by molar-refractivity contribution is -0.137. The second kappa shape index (κ2) is 6.56. The van der Waals surface area contributed by atoms with Crippen molar-refractivity contribution in [1.29, 1.82) is 0 Å². The molecular formula is C17H9F3O4S. The number of rotatable bonds is 3. The minimum absolute atomic E-state index is 0.160. The third-order valence-corrected chi connectivity index (χ3v) is 3.95. The van der Waals surface area contributed by atoms with Crippen LogP contribution in [0.5, 0.6) is 5.75 Å². The van der Waals surface area contributed by atoms with Crippen molar-refractivity contribution < 1.29 is 27.1 Å². The van der Waals surface area contributed by atoms with Gasteiger partial charge >= 0.3 is 17.1 Å². The van der Waals surface area contributed by atoms with Crippen LogP contribution in [0.15, 0.2) is 57.8 Å². The summed E-state index contributed by atoms with van der Waals surface area (Å²) in [6, 6.07) is 9.01. The topological polar surface area (TPSA) is 56.5 Å². The zero-order valence-electron chi connectivity index (χ0n) is 12.4. The van der Waals surface area contributed by atoms with Crippen LogP contribution in [0.1, 0.15) is 11.1 Å². The normalized spacial score (nSPS) is 12.0. The monoisotopic (exact) mass is 366 g/mol. The number of esters is 1. The molecule has 0 spiro atoms. The van der Waals surface area contributed by atoms with E-state index in [4.69, 9.17) is 9.15 Å². The van der Waals surface area contributed by atoms with Crippen molar-refractivity contribution >= 4 is 33.7 Å². The van der Waals surface area contributed by atoms with Gasteiger partial charge in [0.1, 0.15) is 5.75 Å². The molecule has 0 bridgehead atoms. The van der Waals surface area contributed by atoms with Gasteiger partial charge in [-0.15, -0.1) is 0 Å². The molecule has 8 heteroatoms. The van der Waals surface area contributed by atoms with E-state index in [0.717, 1.165) is 29.5 Å². The molecule has 0 aliphatic carbocycles. The van der Waals surface area contributed by atoms with E-state index >= 15 is 0 Å². The summed E-state index contributed by atoms with van der Waals surface area (Å²) in [6.07, 6.45) is -2.21. The molecule has 0 aliphatic rings. The lowest BCUT2D eigenvalue weighted by Gasteiger charge is -2.06. The fourth-order valence-electron chi connectivity index (χ4n) is 2.05. The van der Waals surface area contributed by atoms with Crippen LogP contribution in [0.25, 0.3) is 16.4 Å². The summed E-state index contributed by atoms with van der Waals surface area (Å²) in [6.45, 7) is 0. The van der Waals surface area contributed by atoms with Crippen LogP contribution < -0.4 is 9.68 Å². The van der Waals surface area contributed by atoms with Gasteiger partial charge in [-0.3, -0.25) is 0 Å². The van der Waals surface area contributed by atoms with Gasteiger partial charge in [0.15, 0.2) is 5.58 Å². The van der Waals surface area contributed by atoms with Crippen molar-refractivity contribution in [2.75, 3.05) is 0 Å². The maximum absolute atomic E-state index is 12.6. The van der Waals surface area contributed by atoms with Gasteiger partial charge in [0.2, 0.25) is 0 Å². The molecule has 0 fully saturated rings. The number of fused-ring (bicyclic) bond motifs is 1. The highest BCUT2D eigenvalue weighted by molar-refractivity contribution is 7.16. The van der Waals surface area contributed by atoms with Crippen LogP contribution in [0.2, 0.25) is 0 Å². The first kappa shape index (κ1) is 17.0. The van der Waals surface area contributed by atoms with Crippen molar-refractivity contribution in [3.63, 3.8) is 0 Å². The Morgan fingerprint density at radius 2 is 1.96 bits per heavy atom. The van der Waals surface area contributed by atoms with E-state index in [9.17, 15) is 22.8 Å². The van der Waals surface area contributed by atoms with Gasteiger partial charge < -0.3 is 9.15 Å². The van der Waals surface area contributed by atoms with E-state index in [-0.39, 0.29) is 11.3 Å². The number of hydrogen-bond acceptors (Lipinski definition) is 5. The highest BCUT2D eigenvalue weighted by Gasteiger charge is 2.30. The number of hydrogen-bond donors (Lipinski definition) is 0. The van der Waals surface area contributed by atoms with Crippen LogP contribution in [-0.2, 0) is 11.0 Å². The minimum Gasteiger partial charge on any atom is -0.423 e. The van der Waals surface area contributed by atoms with Gasteiger partial charge in [0.05, 0.1) is 10.3 Å². The molecule has 1 heterocycles. The molecule has 4 nitrogen and oxygen atoms in total. The average Bonchev–Trinajstić information content (AvgIpc) is 2.92. The summed E-state index contributed by atoms with van der Waals surface area (Å²) in [5, 5.41) is 0. The zero-order chi connectivity index (χ0) is 18.0. The third kappa shape index (κ3) is 4.16. The molecule has 0 atom stereocenters. The Morgan fingerprint density at radius 3 is 2.72 bits per heavy atom. The molecule has 1 aromatic heterocycles. The van der Waals surface area contributed by atoms with Crippen LogP contribution in [0, 0.1) is 0 Å². The predicted molar refractivity (Wildman–Crippen MR) is 86.5 cm³/mol. The van der Waals surface area contributed by atoms with E-state index in [2.05, 4.69) is 0 Å². The van der Waals surface area contributed by atoms with Crippen LogP contribution in [0.4, 0.5) is 13.2 Å². The van der Waals surface area contributed by atoms with E-state index < -0.39 is 22.6 Å². The van der Waals surface area contributed by atoms with Crippen LogP contribution >= 0.6 is 11.3 Å². The largest absolute Gasteiger partial charge is 0.423 e. The van der Waals surface area contributed by atoms with Crippen molar-refractivity contribution in [3.8, 4) is 5.75 Å². The summed E-state index contributed by atoms with van der Waals surface area (Å²) in [5.74, 6) is -0.609. The molecule has 2 aromatic carbocycles. The number of alkyl halides is 3. The molecule has 0 aliphatic heterocycles. The SMILES string of the molecule is O=C(C=Cc1cccc(C(F)(F)F)c1)Oc1ccc2sc(=O)oc2c1. The van der Waals surface area contributed by atoms with Gasteiger partial charge in [-0.1, -0.05) is 23.5 Å². The molecular weight excluding hydrogens is 357 g/mol. The minimum atomic E-state index is -4.45. The summed E-state index contributed by atoms with van der Waals surface area (Å²) >= 11 is 0.922. The smallest absolute Gasteiger partial charge is 0.416 e. The van der Waals surface area contributed by atoms with Gasteiger partial charge in [-0.25, -0.2) is 9.59 Å². The number of carbonyl (C=O) groups is 1. The summed E-state index contributed by atoms with van der Waals surface area (Å²) in [7, 11) is 0. The van der Waals surface area contributed by atoms with E-state index in [1.165, 1.54) is 30.3 Å². The zero-order valence-corrected chi connectivity index (χ0v) is 13.2. The van der Waals surface area contributed by atoms with Crippen molar-refractivity contribution in [1.82, 2.24) is 0 Å². The summed E-state index contributed by atoms with van der Waals surface area (Å²) in [4.78, 5) is 22.5. The molecule has 0 saturated carbocycles. The Labute approximate surface area is 142 Å². The average molecular weight is 366 g/mol. The molecule has 0 saturated heterocycles. The highest BCUT2D eigenvalue weighted by Crippen LogP contribution is 2.29. The first-order valence-corrected chi connectivity index (χ1v) is 7.74. The maximum Gasteiger partial charge on any atom is 0.416 e. The predicted octanol–water partition coefficient (Wildman–Crippen LogP) is 4.49. The van der Waals surface area contributed by atoms with Gasteiger partial charge in [-0.05, 0) is 35.9 Å². The van der Waals surface area contributed by atoms with E-state index in [1.807, 2.05) is 0 Å². The van der Waals surface area contributed by atoms with E-state index in [0.29, 0.717) is 10.3 Å². The quantitative estimate of drug-likeness (QED) is 0.389. The van der Waals surface area contributed by atoms with Crippen LogP contribution in [-0.4, -0.2) is 5.97 Å². The first-order chi connectivity index (χ1) is 11.8. The van der Waals surface area contributed by atoms with Crippen molar-refractivity contribution in [3.05, 3.63) is 69.4 Å². The highest BCUT2D eigenvalue weighted by atomic mass is 32.1. The molecule has 0 radical (unpaired) electrons. The van der Waals surface area contributed by atoms with Gasteiger partial charge in [-0.2, -0.15) is 13.2 Å². The Morgan fingerprint density at radius 1 is 1.16 bits per heavy atom. The number of benzene rings is 2. The first-order valence-electron chi connectivity index (χ1n) is 6.92. The molecule has 0 amide bonds. The fraction of sp³-hybridized carbons (Fsp3) is 0.0588. The van der Waals surface area contributed by atoms with Crippen molar-refractivity contribution in [2.45, 2.75) is 6.18 Å². The Kier molecular flexibility index (Phi) is 4.45. The molecule has 0 unspecified atom stereocenters. The molecule has 3 rings (SSSR count). The Balaban J connectivity index is 1.73. The number of carbonyl (C=O) groups excluding carboxylic acids is 1. The molecule has 25 heavy (non-hydrogen) atoms. The summed E-state index contributed by atoms with van der Waals surface area (Å²) in [5.41, 5.74) is -0.297. The fourth-order valence-corrected chi connectivity index (χ4v) is 2.70. The standard InChI is InChI=1S/C17H9F3O4S/c18-17(19,20)11-3-1-2-10(8-11)4-7-15(21)23-12-5-6-14-13(9-12)24-16(22)25-14/h1-9H. The maximum atomic E-state index is 12.6. The second-order valence-corrected chi connectivity index (χ2v) is 5.92. The third-order valence-electron chi connectivity index (χ3n) is 3.15. The lowest BCUT2D eigenvalue weighted by Crippen LogP contribution is -2.05. The van der Waals surface area contributed by atoms with Crippen LogP contribution in [0.3, 0.4) is 0 Å². The molecule has 3 aromatic rings.